The molecule has 0 amide bonds. The summed E-state index contributed by atoms with van der Waals surface area (Å²) in [5.41, 5.74) is 0. The van der Waals surface area contributed by atoms with Gasteiger partial charge in [-0.3, -0.25) is 0 Å². The monoisotopic (exact) mass is 167 g/mol. The molecule has 68 valence electrons. The Kier molecular flexibility index (Phi) is 3.88. The van der Waals surface area contributed by atoms with Crippen LogP contribution in [0.1, 0.15) is 19.8 Å². The van der Waals surface area contributed by atoms with E-state index in [9.17, 15) is 0 Å². The van der Waals surface area contributed by atoms with Crippen LogP contribution in [0.2, 0.25) is 0 Å². The number of nitrogens with one attached hydrogen (secondary N) is 1. The first-order chi connectivity index (χ1) is 5.88. The minimum Gasteiger partial charge on any atom is -0.496 e. The Bertz CT molecular complexity index is 175. The van der Waals surface area contributed by atoms with Crippen molar-refractivity contribution < 1.29 is 4.74 Å². The molecule has 0 aromatic heterocycles. The third kappa shape index (κ3) is 2.38. The van der Waals surface area contributed by atoms with Crippen LogP contribution in [0.25, 0.3) is 0 Å². The van der Waals surface area contributed by atoms with Crippen LogP contribution in [0.15, 0.2) is 24.5 Å². The maximum atomic E-state index is 5.47. The fraction of sp³-hybridized carbons (Fsp3) is 0.600. The van der Waals surface area contributed by atoms with E-state index in [1.165, 1.54) is 0 Å². The predicted molar refractivity (Wildman–Crippen MR) is 50.9 cm³/mol. The van der Waals surface area contributed by atoms with E-state index in [0.29, 0.717) is 6.04 Å². The summed E-state index contributed by atoms with van der Waals surface area (Å²) in [4.78, 5) is 0. The molecule has 0 bridgehead atoms. The third-order valence-corrected chi connectivity index (χ3v) is 1.93. The summed E-state index contributed by atoms with van der Waals surface area (Å²) in [5, 5.41) is 3.36. The van der Waals surface area contributed by atoms with Crippen LogP contribution < -0.4 is 5.32 Å². The van der Waals surface area contributed by atoms with Crippen molar-refractivity contribution in [1.29, 1.82) is 0 Å². The first-order valence-corrected chi connectivity index (χ1v) is 4.55. The van der Waals surface area contributed by atoms with E-state index in [1.807, 2.05) is 6.08 Å². The van der Waals surface area contributed by atoms with Crippen LogP contribution in [0.4, 0.5) is 0 Å². The highest BCUT2D eigenvalue weighted by Crippen LogP contribution is 2.15. The van der Waals surface area contributed by atoms with Crippen molar-refractivity contribution in [1.82, 2.24) is 5.32 Å². The van der Waals surface area contributed by atoms with E-state index in [2.05, 4.69) is 24.9 Å². The molecule has 12 heavy (non-hydrogen) atoms. The fourth-order valence-electron chi connectivity index (χ4n) is 1.39. The van der Waals surface area contributed by atoms with E-state index >= 15 is 0 Å². The summed E-state index contributed by atoms with van der Waals surface area (Å²) >= 11 is 0. The van der Waals surface area contributed by atoms with Gasteiger partial charge in [-0.1, -0.05) is 13.0 Å². The Labute approximate surface area is 74.3 Å². The highest BCUT2D eigenvalue weighted by molar-refractivity contribution is 5.08. The number of hydrogen-bond acceptors (Lipinski definition) is 2. The average Bonchev–Trinajstić information content (AvgIpc) is 2.56. The van der Waals surface area contributed by atoms with E-state index in [4.69, 9.17) is 4.74 Å². The smallest absolute Gasteiger partial charge is 0.109 e. The molecule has 1 aliphatic heterocycles. The lowest BCUT2D eigenvalue weighted by Gasteiger charge is -2.16. The van der Waals surface area contributed by atoms with Gasteiger partial charge in [0.15, 0.2) is 0 Å². The Hall–Kier alpha value is -0.760. The lowest BCUT2D eigenvalue weighted by atomic mass is 10.1. The van der Waals surface area contributed by atoms with Gasteiger partial charge in [0.25, 0.3) is 0 Å². The van der Waals surface area contributed by atoms with Crippen molar-refractivity contribution >= 4 is 0 Å². The van der Waals surface area contributed by atoms with Crippen LogP contribution in [0.5, 0.6) is 0 Å². The number of ether oxygens (including phenoxy) is 1. The number of likely N-dealkylation sites (N-methyl/N-ethyl adjacent to an activating group) is 1. The highest BCUT2D eigenvalue weighted by Gasteiger charge is 2.15. The second-order valence-corrected chi connectivity index (χ2v) is 2.88. The summed E-state index contributed by atoms with van der Waals surface area (Å²) in [6, 6.07) is 0.343. The van der Waals surface area contributed by atoms with E-state index < -0.39 is 0 Å². The Balaban J connectivity index is 2.45. The van der Waals surface area contributed by atoms with Gasteiger partial charge in [0.05, 0.1) is 12.6 Å². The number of hydrogen-bond donors (Lipinski definition) is 1. The Morgan fingerprint density at radius 2 is 2.67 bits per heavy atom. The van der Waals surface area contributed by atoms with Crippen LogP contribution in [0, 0.1) is 0 Å². The van der Waals surface area contributed by atoms with Crippen LogP contribution in [0.3, 0.4) is 0 Å². The van der Waals surface area contributed by atoms with Gasteiger partial charge in [0.2, 0.25) is 0 Å². The van der Waals surface area contributed by atoms with Gasteiger partial charge in [-0.05, 0) is 19.0 Å². The molecular weight excluding hydrogens is 150 g/mol. The summed E-state index contributed by atoms with van der Waals surface area (Å²) in [7, 11) is 0. The highest BCUT2D eigenvalue weighted by atomic mass is 16.5. The van der Waals surface area contributed by atoms with E-state index in [0.717, 1.165) is 31.8 Å². The molecule has 0 radical (unpaired) electrons. The molecule has 0 saturated carbocycles. The van der Waals surface area contributed by atoms with E-state index in [1.54, 1.807) is 0 Å². The van der Waals surface area contributed by atoms with Crippen molar-refractivity contribution in [2.24, 2.45) is 0 Å². The second-order valence-electron chi connectivity index (χ2n) is 2.88. The molecule has 1 aliphatic rings. The molecule has 0 spiro atoms. The molecular formula is C10H17NO. The topological polar surface area (TPSA) is 21.3 Å². The zero-order chi connectivity index (χ0) is 8.81. The van der Waals surface area contributed by atoms with Gasteiger partial charge >= 0.3 is 0 Å². The summed E-state index contributed by atoms with van der Waals surface area (Å²) in [6.45, 7) is 7.65. The molecule has 0 saturated heterocycles. The molecule has 1 atom stereocenters. The lowest BCUT2D eigenvalue weighted by Crippen LogP contribution is -2.30. The molecule has 2 heteroatoms. The van der Waals surface area contributed by atoms with Crippen molar-refractivity contribution in [2.75, 3.05) is 13.2 Å². The second kappa shape index (κ2) is 4.99. The van der Waals surface area contributed by atoms with Crippen LogP contribution in [-0.4, -0.2) is 19.2 Å². The average molecular weight is 167 g/mol. The van der Waals surface area contributed by atoms with Gasteiger partial charge < -0.3 is 10.1 Å². The minimum atomic E-state index is 0.343. The maximum absolute atomic E-state index is 5.47. The summed E-state index contributed by atoms with van der Waals surface area (Å²) < 4.78 is 5.47. The van der Waals surface area contributed by atoms with Gasteiger partial charge in [0, 0.05) is 6.42 Å². The Morgan fingerprint density at radius 1 is 1.83 bits per heavy atom. The zero-order valence-electron chi connectivity index (χ0n) is 7.68. The molecule has 1 N–H and O–H groups in total. The lowest BCUT2D eigenvalue weighted by molar-refractivity contribution is 0.215. The molecule has 1 rings (SSSR count). The first kappa shape index (κ1) is 9.33. The van der Waals surface area contributed by atoms with Crippen LogP contribution >= 0.6 is 0 Å². The first-order valence-electron chi connectivity index (χ1n) is 4.55. The summed E-state index contributed by atoms with van der Waals surface area (Å²) in [6.07, 6.45) is 6.08. The normalized spacial score (nSPS) is 18.2. The van der Waals surface area contributed by atoms with Gasteiger partial charge in [-0.2, -0.15) is 0 Å². The maximum Gasteiger partial charge on any atom is 0.109 e. The standard InChI is InChI=1S/C10H17NO/c1-3-6-9(11-4-2)10-7-5-8-12-10/h3,7,9,11H,1,4-6,8H2,2H3. The molecule has 0 fully saturated rings. The fourth-order valence-corrected chi connectivity index (χ4v) is 1.39. The number of rotatable bonds is 5. The largest absolute Gasteiger partial charge is 0.496 e. The molecule has 1 unspecified atom stereocenters. The Morgan fingerprint density at radius 3 is 3.17 bits per heavy atom. The quantitative estimate of drug-likeness (QED) is 0.631. The van der Waals surface area contributed by atoms with Crippen molar-refractivity contribution in [3.63, 3.8) is 0 Å². The van der Waals surface area contributed by atoms with Gasteiger partial charge in [0.1, 0.15) is 5.76 Å². The summed E-state index contributed by atoms with van der Waals surface area (Å²) in [5.74, 6) is 1.09. The van der Waals surface area contributed by atoms with Crippen molar-refractivity contribution in [3.05, 3.63) is 24.5 Å². The molecule has 0 aromatic rings. The van der Waals surface area contributed by atoms with Gasteiger partial charge in [-0.15, -0.1) is 6.58 Å². The SMILES string of the molecule is C=CCC(NCC)C1=CCCO1. The minimum absolute atomic E-state index is 0.343. The molecule has 0 aromatic carbocycles. The van der Waals surface area contributed by atoms with E-state index in [-0.39, 0.29) is 0 Å². The molecule has 0 aliphatic carbocycles. The van der Waals surface area contributed by atoms with Gasteiger partial charge in [-0.25, -0.2) is 0 Å². The molecule has 1 heterocycles. The third-order valence-electron chi connectivity index (χ3n) is 1.93. The van der Waals surface area contributed by atoms with Crippen molar-refractivity contribution in [2.45, 2.75) is 25.8 Å². The van der Waals surface area contributed by atoms with Crippen molar-refractivity contribution in [3.8, 4) is 0 Å². The molecule has 2 nitrogen and oxygen atoms in total. The van der Waals surface area contributed by atoms with Crippen LogP contribution in [-0.2, 0) is 4.74 Å². The zero-order valence-corrected chi connectivity index (χ0v) is 7.68. The predicted octanol–water partition coefficient (Wildman–Crippen LogP) is 1.84.